The van der Waals surface area contributed by atoms with Crippen molar-refractivity contribution in [3.63, 3.8) is 0 Å². The molecular formula is C29H28N4O3. The number of anilines is 3. The van der Waals surface area contributed by atoms with Crippen LogP contribution < -0.4 is 14.7 Å². The number of amides is 3. The third kappa shape index (κ3) is 3.94. The Morgan fingerprint density at radius 1 is 0.528 bits per heavy atom. The zero-order valence-electron chi connectivity index (χ0n) is 20.2. The number of hydrogen-bond donors (Lipinski definition) is 0. The molecule has 0 saturated carbocycles. The van der Waals surface area contributed by atoms with Crippen molar-refractivity contribution < 1.29 is 14.4 Å². The summed E-state index contributed by atoms with van der Waals surface area (Å²) in [5.41, 5.74) is 6.33. The van der Waals surface area contributed by atoms with Crippen LogP contribution in [-0.4, -0.2) is 42.3 Å². The minimum Gasteiger partial charge on any atom is -0.312 e. The fourth-order valence-corrected chi connectivity index (χ4v) is 5.55. The van der Waals surface area contributed by atoms with E-state index in [-0.39, 0.29) is 17.7 Å². The normalized spacial score (nSPS) is 18.1. The van der Waals surface area contributed by atoms with Gasteiger partial charge in [0.15, 0.2) is 0 Å². The maximum Gasteiger partial charge on any atom is 0.227 e. The number of aromatic nitrogens is 1. The largest absolute Gasteiger partial charge is 0.312 e. The van der Waals surface area contributed by atoms with Crippen molar-refractivity contribution in [2.24, 2.45) is 0 Å². The molecule has 0 radical (unpaired) electrons. The van der Waals surface area contributed by atoms with Gasteiger partial charge in [0.1, 0.15) is 0 Å². The molecule has 3 aliphatic rings. The first kappa shape index (κ1) is 22.5. The monoisotopic (exact) mass is 480 g/mol. The van der Waals surface area contributed by atoms with Gasteiger partial charge < -0.3 is 14.7 Å². The van der Waals surface area contributed by atoms with Crippen molar-refractivity contribution in [2.75, 3.05) is 34.3 Å². The predicted molar refractivity (Wildman–Crippen MR) is 140 cm³/mol. The minimum atomic E-state index is 0.0658. The van der Waals surface area contributed by atoms with Crippen molar-refractivity contribution in [3.05, 3.63) is 60.9 Å². The standard InChI is InChI=1S/C29H28N4O3/c34-27-4-1-15-31(27)24-19-26(33-17-3-6-29(33)36)25(32-16-2-5-28(32)35)18-23(24)22-9-7-20(8-10-22)21-11-13-30-14-12-21/h7-14,18-19H,1-6,15-17H2. The van der Waals surface area contributed by atoms with Crippen molar-refractivity contribution in [1.82, 2.24) is 4.98 Å². The van der Waals surface area contributed by atoms with E-state index >= 15 is 0 Å². The first-order valence-corrected chi connectivity index (χ1v) is 12.7. The molecule has 3 saturated heterocycles. The lowest BCUT2D eigenvalue weighted by molar-refractivity contribution is -0.118. The van der Waals surface area contributed by atoms with Crippen molar-refractivity contribution in [3.8, 4) is 22.3 Å². The molecule has 3 aliphatic heterocycles. The molecule has 2 aromatic carbocycles. The Balaban J connectivity index is 1.52. The second kappa shape index (κ2) is 9.22. The molecule has 1 aromatic heterocycles. The molecule has 0 aliphatic carbocycles. The van der Waals surface area contributed by atoms with E-state index in [1.165, 1.54) is 0 Å². The van der Waals surface area contributed by atoms with Gasteiger partial charge in [-0.05, 0) is 60.2 Å². The number of nitrogens with zero attached hydrogens (tertiary/aromatic N) is 4. The number of hydrogen-bond acceptors (Lipinski definition) is 4. The number of carbonyl (C=O) groups excluding carboxylic acids is 3. The van der Waals surface area contributed by atoms with Crippen LogP contribution in [0.25, 0.3) is 22.3 Å². The summed E-state index contributed by atoms with van der Waals surface area (Å²) in [6.07, 6.45) is 7.49. The van der Waals surface area contributed by atoms with Crippen molar-refractivity contribution in [2.45, 2.75) is 38.5 Å². The lowest BCUT2D eigenvalue weighted by atomic mass is 9.97. The molecule has 0 bridgehead atoms. The summed E-state index contributed by atoms with van der Waals surface area (Å²) in [5, 5.41) is 0. The Hall–Kier alpha value is -4.00. The highest BCUT2D eigenvalue weighted by Gasteiger charge is 2.33. The van der Waals surface area contributed by atoms with Crippen LogP contribution in [0.2, 0.25) is 0 Å². The summed E-state index contributed by atoms with van der Waals surface area (Å²) in [6.45, 7) is 1.91. The fraction of sp³-hybridized carbons (Fsp3) is 0.310. The Morgan fingerprint density at radius 2 is 0.972 bits per heavy atom. The van der Waals surface area contributed by atoms with E-state index in [1.54, 1.807) is 17.3 Å². The molecule has 7 heteroatoms. The van der Waals surface area contributed by atoms with Crippen LogP contribution >= 0.6 is 0 Å². The number of pyridine rings is 1. The van der Waals surface area contributed by atoms with Gasteiger partial charge >= 0.3 is 0 Å². The van der Waals surface area contributed by atoms with Crippen molar-refractivity contribution in [1.29, 1.82) is 0 Å². The number of benzene rings is 2. The molecule has 7 nitrogen and oxygen atoms in total. The molecule has 3 fully saturated rings. The van der Waals surface area contributed by atoms with Gasteiger partial charge in [-0.15, -0.1) is 0 Å². The Kier molecular flexibility index (Phi) is 5.76. The lowest BCUT2D eigenvalue weighted by Gasteiger charge is -2.29. The second-order valence-electron chi connectivity index (χ2n) is 9.62. The van der Waals surface area contributed by atoms with Crippen LogP contribution in [0.3, 0.4) is 0 Å². The topological polar surface area (TPSA) is 73.8 Å². The second-order valence-corrected chi connectivity index (χ2v) is 9.62. The van der Waals surface area contributed by atoms with Gasteiger partial charge in [-0.1, -0.05) is 24.3 Å². The molecule has 6 rings (SSSR count). The smallest absolute Gasteiger partial charge is 0.227 e. The number of carbonyl (C=O) groups is 3. The van der Waals surface area contributed by atoms with E-state index in [4.69, 9.17) is 0 Å². The summed E-state index contributed by atoms with van der Waals surface area (Å²) >= 11 is 0. The third-order valence-corrected chi connectivity index (χ3v) is 7.40. The summed E-state index contributed by atoms with van der Waals surface area (Å²) in [6, 6.07) is 16.2. The van der Waals surface area contributed by atoms with E-state index in [0.717, 1.165) is 58.6 Å². The van der Waals surface area contributed by atoms with E-state index in [0.29, 0.717) is 38.9 Å². The van der Waals surface area contributed by atoms with Crippen LogP contribution in [0.15, 0.2) is 60.9 Å². The summed E-state index contributed by atoms with van der Waals surface area (Å²) in [4.78, 5) is 48.0. The molecule has 0 N–H and O–H groups in total. The first-order chi connectivity index (χ1) is 17.6. The van der Waals surface area contributed by atoms with Gasteiger partial charge in [0.2, 0.25) is 17.7 Å². The van der Waals surface area contributed by atoms with Gasteiger partial charge in [0.05, 0.1) is 17.1 Å². The summed E-state index contributed by atoms with van der Waals surface area (Å²) in [5.74, 6) is 0.233. The summed E-state index contributed by atoms with van der Waals surface area (Å²) < 4.78 is 0. The average molecular weight is 481 g/mol. The Morgan fingerprint density at radius 3 is 1.47 bits per heavy atom. The molecule has 182 valence electrons. The van der Waals surface area contributed by atoms with E-state index in [1.807, 2.05) is 34.1 Å². The van der Waals surface area contributed by atoms with E-state index < -0.39 is 0 Å². The van der Waals surface area contributed by atoms with Gasteiger partial charge in [-0.3, -0.25) is 19.4 Å². The zero-order valence-corrected chi connectivity index (χ0v) is 20.2. The van der Waals surface area contributed by atoms with Gasteiger partial charge in [-0.2, -0.15) is 0 Å². The Bertz CT molecular complexity index is 1340. The number of rotatable bonds is 5. The van der Waals surface area contributed by atoms with Gasteiger partial charge in [-0.25, -0.2) is 0 Å². The molecule has 4 heterocycles. The quantitative estimate of drug-likeness (QED) is 0.526. The van der Waals surface area contributed by atoms with Crippen LogP contribution in [0.5, 0.6) is 0 Å². The SMILES string of the molecule is O=C1CCCN1c1cc(N2CCCC2=O)c(N2CCCC2=O)cc1-c1ccc(-c2ccncc2)cc1. The van der Waals surface area contributed by atoms with Crippen LogP contribution in [0.4, 0.5) is 17.1 Å². The van der Waals surface area contributed by atoms with Crippen LogP contribution in [0, 0.1) is 0 Å². The van der Waals surface area contributed by atoms with Crippen LogP contribution in [-0.2, 0) is 14.4 Å². The highest BCUT2D eigenvalue weighted by Crippen LogP contribution is 2.44. The van der Waals surface area contributed by atoms with E-state index in [2.05, 4.69) is 29.2 Å². The molecule has 0 unspecified atom stereocenters. The van der Waals surface area contributed by atoms with Gasteiger partial charge in [0, 0.05) is 56.9 Å². The molecule has 0 atom stereocenters. The Labute approximate surface area is 210 Å². The molecule has 36 heavy (non-hydrogen) atoms. The lowest BCUT2D eigenvalue weighted by Crippen LogP contribution is -2.31. The molecule has 3 aromatic rings. The third-order valence-electron chi connectivity index (χ3n) is 7.40. The molecule has 0 spiro atoms. The maximum atomic E-state index is 12.9. The summed E-state index contributed by atoms with van der Waals surface area (Å²) in [7, 11) is 0. The highest BCUT2D eigenvalue weighted by atomic mass is 16.2. The zero-order chi connectivity index (χ0) is 24.6. The predicted octanol–water partition coefficient (Wildman–Crippen LogP) is 4.80. The highest BCUT2D eigenvalue weighted by molar-refractivity contribution is 6.08. The average Bonchev–Trinajstić information content (AvgIpc) is 3.65. The van der Waals surface area contributed by atoms with Crippen molar-refractivity contribution >= 4 is 34.8 Å². The molecule has 3 amide bonds. The van der Waals surface area contributed by atoms with Gasteiger partial charge in [0.25, 0.3) is 0 Å². The van der Waals surface area contributed by atoms with Crippen LogP contribution in [0.1, 0.15) is 38.5 Å². The minimum absolute atomic E-state index is 0.0658. The molecular weight excluding hydrogens is 452 g/mol. The maximum absolute atomic E-state index is 12.9. The van der Waals surface area contributed by atoms with E-state index in [9.17, 15) is 14.4 Å². The first-order valence-electron chi connectivity index (χ1n) is 12.7. The fourth-order valence-electron chi connectivity index (χ4n) is 5.55.